The van der Waals surface area contributed by atoms with Crippen molar-refractivity contribution in [1.29, 1.82) is 0 Å². The van der Waals surface area contributed by atoms with Gasteiger partial charge in [0.1, 0.15) is 11.5 Å². The average Bonchev–Trinajstić information content (AvgIpc) is 3.16. The lowest BCUT2D eigenvalue weighted by atomic mass is 10.1. The van der Waals surface area contributed by atoms with Gasteiger partial charge in [0.05, 0.1) is 19.9 Å². The molecule has 1 aromatic heterocycles. The fourth-order valence-corrected chi connectivity index (χ4v) is 3.33. The molecule has 0 fully saturated rings. The maximum atomic E-state index is 5.49. The summed E-state index contributed by atoms with van der Waals surface area (Å²) in [6, 6.07) is 14.0. The van der Waals surface area contributed by atoms with Crippen LogP contribution >= 0.6 is 11.3 Å². The van der Waals surface area contributed by atoms with Crippen molar-refractivity contribution >= 4 is 27.8 Å². The van der Waals surface area contributed by atoms with Gasteiger partial charge in [-0.25, -0.2) is 4.98 Å². The monoisotopic (exact) mass is 355 g/mol. The number of nitrogens with one attached hydrogen (secondary N) is 1. The second kappa shape index (κ2) is 7.44. The molecule has 0 atom stereocenters. The van der Waals surface area contributed by atoms with Crippen LogP contribution in [0.25, 0.3) is 11.3 Å². The minimum Gasteiger partial charge on any atom is -0.497 e. The number of hydrogen-bond acceptors (Lipinski definition) is 6. The molecule has 0 radical (unpaired) electrons. The van der Waals surface area contributed by atoms with Gasteiger partial charge in [-0.05, 0) is 36.4 Å². The van der Waals surface area contributed by atoms with E-state index < -0.39 is 0 Å². The van der Waals surface area contributed by atoms with E-state index in [9.17, 15) is 0 Å². The number of thiazole rings is 1. The highest BCUT2D eigenvalue weighted by Crippen LogP contribution is 2.36. The van der Waals surface area contributed by atoms with E-state index in [2.05, 4.69) is 22.3 Å². The van der Waals surface area contributed by atoms with Crippen LogP contribution in [0.3, 0.4) is 0 Å². The van der Waals surface area contributed by atoms with Gasteiger partial charge in [-0.3, -0.25) is 0 Å². The van der Waals surface area contributed by atoms with E-state index in [-0.39, 0.29) is 0 Å². The molecule has 130 valence electrons. The third-order valence-electron chi connectivity index (χ3n) is 4.01. The zero-order valence-electron chi connectivity index (χ0n) is 14.7. The van der Waals surface area contributed by atoms with Crippen molar-refractivity contribution in [3.8, 4) is 22.8 Å². The molecule has 0 bridgehead atoms. The van der Waals surface area contributed by atoms with Crippen molar-refractivity contribution in [2.75, 3.05) is 38.5 Å². The highest BCUT2D eigenvalue weighted by atomic mass is 32.1. The fourth-order valence-electron chi connectivity index (χ4n) is 2.51. The highest BCUT2D eigenvalue weighted by molar-refractivity contribution is 7.14. The molecule has 0 aliphatic carbocycles. The SMILES string of the molecule is CNc1ccc(N(C)c2nc(-c3ccc(OC)cc3OC)cs2)cc1. The molecule has 0 unspecified atom stereocenters. The zero-order chi connectivity index (χ0) is 17.8. The number of hydrogen-bond donors (Lipinski definition) is 1. The molecule has 3 aromatic rings. The van der Waals surface area contributed by atoms with Crippen LogP contribution in [-0.2, 0) is 0 Å². The van der Waals surface area contributed by atoms with Crippen molar-refractivity contribution < 1.29 is 9.47 Å². The number of ether oxygens (including phenoxy) is 2. The van der Waals surface area contributed by atoms with Gasteiger partial charge in [-0.15, -0.1) is 11.3 Å². The van der Waals surface area contributed by atoms with Crippen LogP contribution in [0.5, 0.6) is 11.5 Å². The summed E-state index contributed by atoms with van der Waals surface area (Å²) in [5.74, 6) is 1.51. The Morgan fingerprint density at radius 3 is 2.44 bits per heavy atom. The van der Waals surface area contributed by atoms with E-state index in [1.807, 2.05) is 49.8 Å². The van der Waals surface area contributed by atoms with E-state index in [1.165, 1.54) is 0 Å². The minimum absolute atomic E-state index is 0.747. The minimum atomic E-state index is 0.747. The average molecular weight is 355 g/mol. The Kier molecular flexibility index (Phi) is 5.09. The first-order valence-electron chi connectivity index (χ1n) is 7.85. The molecule has 0 amide bonds. The Hall–Kier alpha value is -2.73. The molecule has 25 heavy (non-hydrogen) atoms. The van der Waals surface area contributed by atoms with Crippen molar-refractivity contribution in [3.63, 3.8) is 0 Å². The van der Waals surface area contributed by atoms with Gasteiger partial charge in [0, 0.05) is 42.5 Å². The van der Waals surface area contributed by atoms with Gasteiger partial charge in [0.25, 0.3) is 0 Å². The summed E-state index contributed by atoms with van der Waals surface area (Å²) in [7, 11) is 7.22. The quantitative estimate of drug-likeness (QED) is 0.698. The highest BCUT2D eigenvalue weighted by Gasteiger charge is 2.14. The molecule has 3 rings (SSSR count). The summed E-state index contributed by atoms with van der Waals surface area (Å²) in [5.41, 5.74) is 4.00. The number of rotatable bonds is 6. The summed E-state index contributed by atoms with van der Waals surface area (Å²) in [5, 5.41) is 6.09. The van der Waals surface area contributed by atoms with Gasteiger partial charge in [0.15, 0.2) is 5.13 Å². The second-order valence-corrected chi connectivity index (χ2v) is 6.27. The number of aromatic nitrogens is 1. The molecule has 1 heterocycles. The first kappa shape index (κ1) is 17.1. The summed E-state index contributed by atoms with van der Waals surface area (Å²) in [4.78, 5) is 6.84. The molecule has 0 saturated heterocycles. The molecule has 0 aliphatic rings. The van der Waals surface area contributed by atoms with E-state index in [1.54, 1.807) is 25.6 Å². The molecular formula is C19H21N3O2S. The summed E-state index contributed by atoms with van der Waals surface area (Å²) in [6.07, 6.45) is 0. The van der Waals surface area contributed by atoms with Crippen LogP contribution in [0, 0.1) is 0 Å². The van der Waals surface area contributed by atoms with E-state index >= 15 is 0 Å². The largest absolute Gasteiger partial charge is 0.497 e. The van der Waals surface area contributed by atoms with Gasteiger partial charge >= 0.3 is 0 Å². The smallest absolute Gasteiger partial charge is 0.190 e. The number of nitrogens with zero attached hydrogens (tertiary/aromatic N) is 2. The Morgan fingerprint density at radius 2 is 1.80 bits per heavy atom. The van der Waals surface area contributed by atoms with Gasteiger partial charge in [-0.2, -0.15) is 0 Å². The molecule has 0 spiro atoms. The first-order chi connectivity index (χ1) is 12.2. The third kappa shape index (κ3) is 3.53. The summed E-state index contributed by atoms with van der Waals surface area (Å²) in [6.45, 7) is 0. The molecule has 2 aromatic carbocycles. The predicted molar refractivity (Wildman–Crippen MR) is 105 cm³/mol. The molecule has 1 N–H and O–H groups in total. The van der Waals surface area contributed by atoms with Crippen LogP contribution in [0.1, 0.15) is 0 Å². The van der Waals surface area contributed by atoms with Crippen LogP contribution in [-0.4, -0.2) is 33.3 Å². The Labute approximate surface area is 151 Å². The maximum absolute atomic E-state index is 5.49. The van der Waals surface area contributed by atoms with Gasteiger partial charge in [-0.1, -0.05) is 0 Å². The van der Waals surface area contributed by atoms with Gasteiger partial charge < -0.3 is 19.7 Å². The maximum Gasteiger partial charge on any atom is 0.190 e. The molecule has 0 aliphatic heterocycles. The standard InChI is InChI=1S/C19H21N3O2S/c1-20-13-5-7-14(8-6-13)22(2)19-21-17(12-25-19)16-10-9-15(23-3)11-18(16)24-4/h5-12,20H,1-4H3. The predicted octanol–water partition coefficient (Wildman–Crippen LogP) is 4.64. The van der Waals surface area contributed by atoms with Crippen LogP contribution in [0.4, 0.5) is 16.5 Å². The van der Waals surface area contributed by atoms with E-state index in [0.29, 0.717) is 0 Å². The molecule has 6 heteroatoms. The molecule has 0 saturated carbocycles. The Morgan fingerprint density at radius 1 is 1.04 bits per heavy atom. The van der Waals surface area contributed by atoms with Crippen molar-refractivity contribution in [3.05, 3.63) is 47.8 Å². The second-order valence-electron chi connectivity index (χ2n) is 5.44. The van der Waals surface area contributed by atoms with E-state index in [4.69, 9.17) is 14.5 Å². The normalized spacial score (nSPS) is 10.4. The number of benzene rings is 2. The summed E-state index contributed by atoms with van der Waals surface area (Å²) >= 11 is 1.60. The van der Waals surface area contributed by atoms with Crippen molar-refractivity contribution in [1.82, 2.24) is 4.98 Å². The van der Waals surface area contributed by atoms with Crippen molar-refractivity contribution in [2.24, 2.45) is 0 Å². The van der Waals surface area contributed by atoms with Gasteiger partial charge in [0.2, 0.25) is 0 Å². The van der Waals surface area contributed by atoms with Crippen molar-refractivity contribution in [2.45, 2.75) is 0 Å². The summed E-state index contributed by atoms with van der Waals surface area (Å²) < 4.78 is 10.7. The first-order valence-corrected chi connectivity index (χ1v) is 8.73. The van der Waals surface area contributed by atoms with Crippen LogP contribution < -0.4 is 19.7 Å². The lowest BCUT2D eigenvalue weighted by Gasteiger charge is -2.16. The molecule has 5 nitrogen and oxygen atoms in total. The molecular weight excluding hydrogens is 334 g/mol. The zero-order valence-corrected chi connectivity index (χ0v) is 15.6. The number of methoxy groups -OCH3 is 2. The Balaban J connectivity index is 1.89. The lowest BCUT2D eigenvalue weighted by molar-refractivity contribution is 0.395. The fraction of sp³-hybridized carbons (Fsp3) is 0.211. The van der Waals surface area contributed by atoms with E-state index in [0.717, 1.165) is 39.3 Å². The Bertz CT molecular complexity index is 846. The van der Waals surface area contributed by atoms with Crippen LogP contribution in [0.15, 0.2) is 47.8 Å². The topological polar surface area (TPSA) is 46.6 Å². The number of anilines is 3. The lowest BCUT2D eigenvalue weighted by Crippen LogP contribution is -2.08. The third-order valence-corrected chi connectivity index (χ3v) is 4.92. The van der Waals surface area contributed by atoms with Crippen LogP contribution in [0.2, 0.25) is 0 Å².